The Hall–Kier alpha value is -7.54. The predicted molar refractivity (Wildman–Crippen MR) is 365 cm³/mol. The summed E-state index contributed by atoms with van der Waals surface area (Å²) in [6, 6.07) is 31.5. The van der Waals surface area contributed by atoms with Crippen molar-refractivity contribution in [1.29, 1.82) is 0 Å². The summed E-state index contributed by atoms with van der Waals surface area (Å²) in [5.41, 5.74) is 14.5. The maximum Gasteiger partial charge on any atom is 0.227 e. The molecule has 0 saturated carbocycles. The third-order valence-corrected chi connectivity index (χ3v) is 15.6. The molecule has 0 radical (unpaired) electrons. The van der Waals surface area contributed by atoms with Crippen LogP contribution in [0.1, 0.15) is 48.8 Å². The van der Waals surface area contributed by atoms with Crippen LogP contribution in [0.15, 0.2) is 117 Å². The van der Waals surface area contributed by atoms with Crippen molar-refractivity contribution < 1.29 is 28.4 Å². The van der Waals surface area contributed by atoms with E-state index in [1.807, 2.05) is 6.07 Å². The van der Waals surface area contributed by atoms with Gasteiger partial charge in [0.15, 0.2) is 0 Å². The Kier molecular flexibility index (Phi) is 30.6. The van der Waals surface area contributed by atoms with Gasteiger partial charge >= 0.3 is 0 Å². The topological polar surface area (TPSA) is 213 Å². The zero-order valence-electron chi connectivity index (χ0n) is 53.3. The molecule has 3 aliphatic rings. The van der Waals surface area contributed by atoms with E-state index in [0.717, 1.165) is 111 Å². The van der Waals surface area contributed by atoms with Gasteiger partial charge in [-0.25, -0.2) is 19.9 Å². The first-order chi connectivity index (χ1) is 42.9. The van der Waals surface area contributed by atoms with Crippen LogP contribution < -0.4 is 20.1 Å². The van der Waals surface area contributed by atoms with E-state index in [1.165, 1.54) is 60.5 Å². The Labute approximate surface area is 527 Å². The average molecular weight is 1240 g/mol. The summed E-state index contributed by atoms with van der Waals surface area (Å²) in [5.74, 6) is 2.28. The van der Waals surface area contributed by atoms with Gasteiger partial charge in [-0.2, -0.15) is 9.97 Å². The lowest BCUT2D eigenvalue weighted by Gasteiger charge is -2.21. The molecular formula is C66H88N14O6S2. The summed E-state index contributed by atoms with van der Waals surface area (Å²) in [4.78, 5) is 45.8. The summed E-state index contributed by atoms with van der Waals surface area (Å²) in [5, 5.41) is 7.83. The second-order valence-corrected chi connectivity index (χ2v) is 22.5. The second kappa shape index (κ2) is 38.7. The van der Waals surface area contributed by atoms with Gasteiger partial charge in [0, 0.05) is 103 Å². The Morgan fingerprint density at radius 3 is 1.53 bits per heavy atom. The minimum absolute atomic E-state index is 0.569. The van der Waals surface area contributed by atoms with Crippen molar-refractivity contribution in [3.05, 3.63) is 118 Å². The molecule has 7 heterocycles. The lowest BCUT2D eigenvalue weighted by molar-refractivity contribution is 0.00927. The largest absolute Gasteiger partial charge is 0.481 e. The zero-order valence-corrected chi connectivity index (χ0v) is 55.0. The van der Waals surface area contributed by atoms with Gasteiger partial charge in [-0.3, -0.25) is 29.8 Å². The predicted octanol–water partition coefficient (Wildman–Crippen LogP) is 12.0. The molecule has 0 bridgehead atoms. The molecule has 1 saturated heterocycles. The van der Waals surface area contributed by atoms with Crippen molar-refractivity contribution in [2.24, 2.45) is 20.0 Å². The van der Waals surface area contributed by atoms with Crippen molar-refractivity contribution in [3.8, 4) is 34.0 Å². The van der Waals surface area contributed by atoms with Crippen molar-refractivity contribution in [2.45, 2.75) is 54.4 Å². The Morgan fingerprint density at radius 2 is 0.989 bits per heavy atom. The molecule has 1 fully saturated rings. The van der Waals surface area contributed by atoms with E-state index < -0.39 is 0 Å². The molecule has 20 nitrogen and oxygen atoms in total. The van der Waals surface area contributed by atoms with E-state index in [1.54, 1.807) is 89.6 Å². The molecule has 11 rings (SSSR count). The number of anilines is 2. The summed E-state index contributed by atoms with van der Waals surface area (Å²) >= 11 is 3.49. The monoisotopic (exact) mass is 1240 g/mol. The number of ether oxygens (including phenoxy) is 6. The summed E-state index contributed by atoms with van der Waals surface area (Å²) in [7, 11) is 10.1. The van der Waals surface area contributed by atoms with Gasteiger partial charge in [0.2, 0.25) is 23.7 Å². The number of benzene rings is 4. The number of hydrogen-bond donors (Lipinski definition) is 2. The van der Waals surface area contributed by atoms with Crippen LogP contribution in [-0.4, -0.2) is 198 Å². The molecule has 0 amide bonds. The fourth-order valence-corrected chi connectivity index (χ4v) is 10.7. The number of pyridine rings is 1. The van der Waals surface area contributed by atoms with Crippen molar-refractivity contribution in [3.63, 3.8) is 0 Å². The fourth-order valence-electron chi connectivity index (χ4n) is 9.06. The van der Waals surface area contributed by atoms with Gasteiger partial charge in [-0.1, -0.05) is 50.2 Å². The molecule has 4 aromatic carbocycles. The average Bonchev–Trinajstić information content (AvgIpc) is 2.84. The van der Waals surface area contributed by atoms with E-state index in [2.05, 4.69) is 185 Å². The van der Waals surface area contributed by atoms with Gasteiger partial charge in [0.25, 0.3) is 0 Å². The zero-order chi connectivity index (χ0) is 62.9. The van der Waals surface area contributed by atoms with E-state index >= 15 is 0 Å². The molecule has 0 spiro atoms. The maximum absolute atomic E-state index is 5.62. The van der Waals surface area contributed by atoms with Gasteiger partial charge < -0.3 is 39.1 Å². The third-order valence-electron chi connectivity index (χ3n) is 13.7. The molecule has 88 heavy (non-hydrogen) atoms. The smallest absolute Gasteiger partial charge is 0.227 e. The molecule has 3 aliphatic heterocycles. The summed E-state index contributed by atoms with van der Waals surface area (Å²) in [6.07, 6.45) is 6.70. The number of hydrogen-bond acceptors (Lipinski definition) is 22. The highest BCUT2D eigenvalue weighted by Gasteiger charge is 2.16. The highest BCUT2D eigenvalue weighted by molar-refractivity contribution is 7.18. The van der Waals surface area contributed by atoms with Crippen LogP contribution in [0.25, 0.3) is 42.7 Å². The second-order valence-electron chi connectivity index (χ2n) is 20.1. The SMILES string of the molecule is CC1=Nc2ccc(-c3ccc4c(c3)N=C(C)C4)cc2C1.CCN1CCOCCOCCN(CC)CCOCCOCC1.CN=CC=NC.CNc1ncnc(NC)n1.COc1cccc(OC)n1.Cc1nc2cc(-c3ccc4nc(C)sc4c3)ccc2s1. The number of fused-ring (bicyclic) bond motifs is 4. The van der Waals surface area contributed by atoms with Gasteiger partial charge in [0.1, 0.15) is 6.33 Å². The van der Waals surface area contributed by atoms with Crippen molar-refractivity contribution in [2.75, 3.05) is 145 Å². The van der Waals surface area contributed by atoms with Gasteiger partial charge in [0.05, 0.1) is 109 Å². The van der Waals surface area contributed by atoms with Crippen LogP contribution in [0.5, 0.6) is 11.8 Å². The molecule has 0 atom stereocenters. The van der Waals surface area contributed by atoms with Crippen LogP contribution in [-0.2, 0) is 31.8 Å². The van der Waals surface area contributed by atoms with E-state index in [4.69, 9.17) is 28.4 Å². The maximum atomic E-state index is 5.62. The highest BCUT2D eigenvalue weighted by Crippen LogP contribution is 2.36. The minimum atomic E-state index is 0.569. The van der Waals surface area contributed by atoms with Crippen LogP contribution in [0, 0.1) is 13.8 Å². The van der Waals surface area contributed by atoms with Crippen LogP contribution in [0.4, 0.5) is 23.3 Å². The van der Waals surface area contributed by atoms with Crippen LogP contribution in [0.3, 0.4) is 0 Å². The number of aryl methyl sites for hydroxylation is 2. The number of aromatic nitrogens is 6. The first-order valence-electron chi connectivity index (χ1n) is 29.7. The first kappa shape index (κ1) is 69.6. The molecule has 8 aromatic rings. The molecule has 470 valence electrons. The normalized spacial score (nSPS) is 15.0. The van der Waals surface area contributed by atoms with Crippen LogP contribution in [0.2, 0.25) is 0 Å². The van der Waals surface area contributed by atoms with Crippen molar-refractivity contribution in [1.82, 2.24) is 39.7 Å². The standard InChI is InChI=1S/C18H16N2.C16H34N2O4.C16H12N2S2.C7H9NO2.C5H9N5.C4H8N2/c1-11-7-15-4-3-14(10-18(15)20-11)13-5-6-17-16(9-13)8-12(2)19-17;1-3-17-5-9-19-13-15-21-11-7-18(4-2)8-12-22-16-14-20-10-6-17;1-9-17-13-5-3-12(8-16(13)20-9)11-4-6-15-14(7-11)18-10(2)19-15;1-9-6-4-3-5-7(8-6)10-2;1-6-4-8-3-9-5(7-2)10-4;1-5-3-4-6-2/h3-6,9-10H,7-8H2,1-2H3;3-16H2,1-2H3;3-8H,1-2H3;3-5H,1-2H3;3H,1-2H3,(H2,6,7,8,9,10);3-4H,1-2H3. The molecule has 2 N–H and O–H groups in total. The number of rotatable bonds is 9. The Balaban J connectivity index is 0.000000176. The summed E-state index contributed by atoms with van der Waals surface area (Å²) < 4.78 is 34.7. The lowest BCUT2D eigenvalue weighted by Crippen LogP contribution is -2.32. The molecule has 4 aromatic heterocycles. The molecular weight excluding hydrogens is 1150 g/mol. The summed E-state index contributed by atoms with van der Waals surface area (Å²) in [6.45, 7) is 24.1. The quantitative estimate of drug-likeness (QED) is 0.129. The molecule has 0 aliphatic carbocycles. The van der Waals surface area contributed by atoms with E-state index in [-0.39, 0.29) is 0 Å². The minimum Gasteiger partial charge on any atom is -0.481 e. The number of aliphatic imine (C=N–C) groups is 4. The Bertz CT molecular complexity index is 3280. The van der Waals surface area contributed by atoms with E-state index in [9.17, 15) is 0 Å². The number of nitrogens with zero attached hydrogens (tertiary/aromatic N) is 12. The number of nitrogens with one attached hydrogen (secondary N) is 2. The first-order valence-corrected chi connectivity index (χ1v) is 31.3. The number of methoxy groups -OCH3 is 2. The highest BCUT2D eigenvalue weighted by atomic mass is 32.1. The molecule has 22 heteroatoms. The van der Waals surface area contributed by atoms with Gasteiger partial charge in [-0.05, 0) is 117 Å². The number of likely N-dealkylation sites (N-methyl/N-ethyl adjacent to an activating group) is 2. The molecule has 0 unspecified atom stereocenters. The fraction of sp³-hybridized carbons (Fsp3) is 0.424. The van der Waals surface area contributed by atoms with Gasteiger partial charge in [-0.15, -0.1) is 22.7 Å². The van der Waals surface area contributed by atoms with Crippen LogP contribution >= 0.6 is 22.7 Å². The lowest BCUT2D eigenvalue weighted by atomic mass is 9.99. The number of thiazole rings is 2. The Morgan fingerprint density at radius 1 is 0.511 bits per heavy atom. The third kappa shape index (κ3) is 23.5. The van der Waals surface area contributed by atoms with E-state index in [0.29, 0.717) is 50.1 Å². The van der Waals surface area contributed by atoms with Crippen molar-refractivity contribution >= 4 is 90.2 Å².